The molecule has 2 heterocycles. The highest BCUT2D eigenvalue weighted by Gasteiger charge is 2.18. The maximum absolute atomic E-state index is 9.89. The lowest BCUT2D eigenvalue weighted by molar-refractivity contribution is -0.109. The van der Waals surface area contributed by atoms with Crippen molar-refractivity contribution in [3.05, 3.63) is 78.1 Å². The minimum atomic E-state index is 0.454. The van der Waals surface area contributed by atoms with Gasteiger partial charge in [-0.15, -0.1) is 0 Å². The molecule has 4 rings (SSSR count). The lowest BCUT2D eigenvalue weighted by Crippen LogP contribution is -2.10. The Morgan fingerprint density at radius 3 is 2.51 bits per heavy atom. The van der Waals surface area contributed by atoms with E-state index in [1.165, 1.54) is 0 Å². The molecular weight excluding hydrogens is 438 g/mol. The molecule has 2 aromatic carbocycles. The fourth-order valence-corrected chi connectivity index (χ4v) is 3.81. The Bertz CT molecular complexity index is 1270. The Labute approximate surface area is 206 Å². The first-order valence-electron chi connectivity index (χ1n) is 11.7. The van der Waals surface area contributed by atoms with Crippen molar-refractivity contribution in [3.63, 3.8) is 0 Å². The summed E-state index contributed by atoms with van der Waals surface area (Å²) in [6.07, 6.45) is 5.27. The van der Waals surface area contributed by atoms with Gasteiger partial charge in [0.05, 0.1) is 16.8 Å². The van der Waals surface area contributed by atoms with Crippen LogP contribution in [0, 0.1) is 11.3 Å². The summed E-state index contributed by atoms with van der Waals surface area (Å²) in [6.45, 7) is 6.11. The number of nitrogens with zero attached hydrogens (tertiary/aromatic N) is 3. The number of amides is 1. The van der Waals surface area contributed by atoms with Crippen molar-refractivity contribution in [3.8, 4) is 23.1 Å². The maximum Gasteiger partial charge on any atom is 0.207 e. The SMILES string of the molecule is CCCNC=O.CCn1c(-c2ccc(NC)cc2)c(C#N)c2ccc(OCc3cccnc3)cc21. The first kappa shape index (κ1) is 25.3. The number of ether oxygens (including phenoxy) is 1. The Kier molecular flexibility index (Phi) is 9.26. The average Bonchev–Trinajstić information content (AvgIpc) is 3.24. The van der Waals surface area contributed by atoms with E-state index in [4.69, 9.17) is 4.74 Å². The Hall–Kier alpha value is -4.31. The molecule has 2 aromatic heterocycles. The van der Waals surface area contributed by atoms with Crippen molar-refractivity contribution in [2.24, 2.45) is 0 Å². The van der Waals surface area contributed by atoms with E-state index in [1.807, 2.05) is 68.6 Å². The van der Waals surface area contributed by atoms with Crippen LogP contribution < -0.4 is 15.4 Å². The second-order valence-corrected chi connectivity index (χ2v) is 7.81. The topological polar surface area (TPSA) is 92.0 Å². The molecule has 1 amide bonds. The van der Waals surface area contributed by atoms with E-state index in [1.54, 1.807) is 12.4 Å². The fourth-order valence-electron chi connectivity index (χ4n) is 3.81. The van der Waals surface area contributed by atoms with E-state index in [-0.39, 0.29) is 0 Å². The van der Waals surface area contributed by atoms with Crippen LogP contribution in [0.3, 0.4) is 0 Å². The largest absolute Gasteiger partial charge is 0.489 e. The third kappa shape index (κ3) is 6.18. The zero-order valence-corrected chi connectivity index (χ0v) is 20.4. The van der Waals surface area contributed by atoms with Crippen LogP contribution in [-0.2, 0) is 17.9 Å². The number of nitriles is 1. The number of carbonyl (C=O) groups excluding carboxylic acids is 1. The van der Waals surface area contributed by atoms with Crippen LogP contribution in [0.15, 0.2) is 67.0 Å². The van der Waals surface area contributed by atoms with E-state index in [0.717, 1.165) is 58.7 Å². The molecule has 7 heteroatoms. The summed E-state index contributed by atoms with van der Waals surface area (Å²) in [5.41, 5.74) is 5.71. The molecule has 0 aliphatic carbocycles. The van der Waals surface area contributed by atoms with Crippen LogP contribution in [-0.4, -0.2) is 29.6 Å². The van der Waals surface area contributed by atoms with E-state index in [0.29, 0.717) is 18.6 Å². The minimum absolute atomic E-state index is 0.454. The summed E-state index contributed by atoms with van der Waals surface area (Å²) in [5.74, 6) is 0.773. The molecule has 0 spiro atoms. The number of anilines is 1. The lowest BCUT2D eigenvalue weighted by Gasteiger charge is -2.10. The number of pyridine rings is 1. The van der Waals surface area contributed by atoms with Crippen molar-refractivity contribution >= 4 is 23.0 Å². The van der Waals surface area contributed by atoms with Crippen LogP contribution in [0.25, 0.3) is 22.2 Å². The van der Waals surface area contributed by atoms with Crippen LogP contribution in [0.2, 0.25) is 0 Å². The number of rotatable bonds is 9. The molecule has 2 N–H and O–H groups in total. The lowest BCUT2D eigenvalue weighted by atomic mass is 10.1. The average molecular weight is 470 g/mol. The van der Waals surface area contributed by atoms with Crippen LogP contribution in [0.4, 0.5) is 5.69 Å². The van der Waals surface area contributed by atoms with E-state index in [9.17, 15) is 10.1 Å². The molecule has 0 aliphatic rings. The van der Waals surface area contributed by atoms with Crippen LogP contribution in [0.1, 0.15) is 31.4 Å². The van der Waals surface area contributed by atoms with Crippen molar-refractivity contribution in [2.75, 3.05) is 18.9 Å². The molecule has 0 saturated carbocycles. The van der Waals surface area contributed by atoms with E-state index < -0.39 is 0 Å². The van der Waals surface area contributed by atoms with Gasteiger partial charge < -0.3 is 19.9 Å². The first-order valence-corrected chi connectivity index (χ1v) is 11.7. The maximum atomic E-state index is 9.89. The number of hydrogen-bond acceptors (Lipinski definition) is 5. The Morgan fingerprint density at radius 1 is 1.14 bits per heavy atom. The summed E-state index contributed by atoms with van der Waals surface area (Å²) in [4.78, 5) is 13.6. The zero-order valence-electron chi connectivity index (χ0n) is 20.4. The van der Waals surface area contributed by atoms with Crippen molar-refractivity contribution < 1.29 is 9.53 Å². The van der Waals surface area contributed by atoms with Gasteiger partial charge in [-0.25, -0.2) is 0 Å². The molecule has 4 aromatic rings. The van der Waals surface area contributed by atoms with Gasteiger partial charge in [-0.3, -0.25) is 9.78 Å². The molecule has 0 saturated heterocycles. The highest BCUT2D eigenvalue weighted by molar-refractivity contribution is 5.95. The minimum Gasteiger partial charge on any atom is -0.489 e. The summed E-state index contributed by atoms with van der Waals surface area (Å²) in [7, 11) is 1.89. The molecule has 0 radical (unpaired) electrons. The predicted octanol–water partition coefficient (Wildman–Crippen LogP) is 5.36. The molecule has 0 unspecified atom stereocenters. The van der Waals surface area contributed by atoms with Crippen LogP contribution in [0.5, 0.6) is 5.75 Å². The Balaban J connectivity index is 0.000000509. The van der Waals surface area contributed by atoms with Gasteiger partial charge >= 0.3 is 0 Å². The number of benzene rings is 2. The van der Waals surface area contributed by atoms with Crippen molar-refractivity contribution in [1.29, 1.82) is 5.26 Å². The van der Waals surface area contributed by atoms with Gasteiger partial charge in [-0.1, -0.05) is 25.1 Å². The number of fused-ring (bicyclic) bond motifs is 1. The fraction of sp³-hybridized carbons (Fsp3) is 0.250. The van der Waals surface area contributed by atoms with Crippen molar-refractivity contribution in [1.82, 2.24) is 14.9 Å². The van der Waals surface area contributed by atoms with Gasteiger partial charge in [-0.2, -0.15) is 5.26 Å². The van der Waals surface area contributed by atoms with E-state index in [2.05, 4.69) is 33.2 Å². The highest BCUT2D eigenvalue weighted by Crippen LogP contribution is 2.35. The molecule has 0 aliphatic heterocycles. The Morgan fingerprint density at radius 2 is 1.94 bits per heavy atom. The third-order valence-electron chi connectivity index (χ3n) is 5.52. The summed E-state index contributed by atoms with van der Waals surface area (Å²) < 4.78 is 8.15. The van der Waals surface area contributed by atoms with Gasteiger partial charge in [-0.05, 0) is 49.2 Å². The molecule has 0 bridgehead atoms. The number of hydrogen-bond donors (Lipinski definition) is 2. The number of nitrogens with one attached hydrogen (secondary N) is 2. The number of carbonyl (C=O) groups is 1. The molecule has 0 atom stereocenters. The van der Waals surface area contributed by atoms with Crippen LogP contribution >= 0.6 is 0 Å². The van der Waals surface area contributed by atoms with Gasteiger partial charge in [0.15, 0.2) is 0 Å². The van der Waals surface area contributed by atoms with E-state index >= 15 is 0 Å². The summed E-state index contributed by atoms with van der Waals surface area (Å²) in [5, 5.41) is 16.5. The molecule has 0 fully saturated rings. The second-order valence-electron chi connectivity index (χ2n) is 7.81. The third-order valence-corrected chi connectivity index (χ3v) is 5.52. The summed E-state index contributed by atoms with van der Waals surface area (Å²) in [6, 6.07) is 20.4. The molecular formula is C28H31N5O2. The smallest absolute Gasteiger partial charge is 0.207 e. The normalized spacial score (nSPS) is 10.1. The van der Waals surface area contributed by atoms with Gasteiger partial charge in [0, 0.05) is 55.2 Å². The quantitative estimate of drug-likeness (QED) is 0.254. The predicted molar refractivity (Wildman–Crippen MR) is 140 cm³/mol. The molecule has 180 valence electrons. The van der Waals surface area contributed by atoms with Crippen molar-refractivity contribution in [2.45, 2.75) is 33.4 Å². The monoisotopic (exact) mass is 469 g/mol. The molecule has 7 nitrogen and oxygen atoms in total. The number of aryl methyl sites for hydroxylation is 1. The first-order chi connectivity index (χ1) is 17.2. The van der Waals surface area contributed by atoms with Gasteiger partial charge in [0.25, 0.3) is 0 Å². The highest BCUT2D eigenvalue weighted by atomic mass is 16.5. The second kappa shape index (κ2) is 12.8. The zero-order chi connectivity index (χ0) is 25.0. The summed E-state index contributed by atoms with van der Waals surface area (Å²) >= 11 is 0. The van der Waals surface area contributed by atoms with Gasteiger partial charge in [0.2, 0.25) is 6.41 Å². The number of aromatic nitrogens is 2. The van der Waals surface area contributed by atoms with Gasteiger partial charge in [0.1, 0.15) is 18.4 Å². The standard InChI is InChI=1S/C24H22N4O.C4H9NO/c1-3-28-23-13-20(29-16-17-5-4-12-27-15-17)10-11-21(23)22(14-25)24(28)18-6-8-19(26-2)9-7-18;1-2-3-5-4-6/h4-13,15,26H,3,16H2,1-2H3;4H,2-3H2,1H3,(H,5,6). The molecule has 35 heavy (non-hydrogen) atoms.